The van der Waals surface area contributed by atoms with Gasteiger partial charge in [0.05, 0.1) is 35.5 Å². The van der Waals surface area contributed by atoms with Crippen molar-refractivity contribution in [1.29, 1.82) is 0 Å². The van der Waals surface area contributed by atoms with Crippen molar-refractivity contribution in [1.82, 2.24) is 24.7 Å². The molecule has 12 heteroatoms. The lowest BCUT2D eigenvalue weighted by Crippen LogP contribution is -2.17. The first-order chi connectivity index (χ1) is 15.7. The van der Waals surface area contributed by atoms with Crippen molar-refractivity contribution < 1.29 is 14.2 Å². The topological polar surface area (TPSA) is 134 Å². The van der Waals surface area contributed by atoms with Crippen LogP contribution in [0.25, 0.3) is 0 Å². The van der Waals surface area contributed by atoms with Crippen molar-refractivity contribution in [2.24, 2.45) is 0 Å². The van der Waals surface area contributed by atoms with E-state index in [2.05, 4.69) is 20.7 Å². The summed E-state index contributed by atoms with van der Waals surface area (Å²) in [6.45, 7) is 5.91. The first kappa shape index (κ1) is 22.2. The first-order valence-electron chi connectivity index (χ1n) is 9.95. The molecule has 0 saturated carbocycles. The van der Waals surface area contributed by atoms with Gasteiger partial charge in [-0.15, -0.1) is 0 Å². The molecule has 0 unspecified atom stereocenters. The Labute approximate surface area is 193 Å². The van der Waals surface area contributed by atoms with Gasteiger partial charge in [0.1, 0.15) is 10.8 Å². The standard InChI is InChI=1S/C21H20ClN7O4/c1-12-4-6-15(7-5-12)9-27-11-17(22)20(25-27)23-21(30)19-16(14(3)33-26-19)10-28-13(2)8-18(24-28)29(31)32/h4-8,11H,9-10H2,1-3H3,(H,23,25,30). The summed E-state index contributed by atoms with van der Waals surface area (Å²) in [5.41, 5.74) is 3.23. The molecule has 0 aliphatic heterocycles. The van der Waals surface area contributed by atoms with Gasteiger partial charge < -0.3 is 20.0 Å². The van der Waals surface area contributed by atoms with E-state index in [1.807, 2.05) is 31.2 Å². The molecule has 0 fully saturated rings. The number of rotatable bonds is 7. The number of benzene rings is 1. The SMILES string of the molecule is Cc1ccc(Cn2cc(Cl)c(NC(=O)c3noc(C)c3Cn3nc([N+](=O)[O-])cc3C)n2)cc1. The molecule has 0 aliphatic rings. The minimum Gasteiger partial charge on any atom is -0.361 e. The van der Waals surface area contributed by atoms with Crippen LogP contribution in [0.2, 0.25) is 5.02 Å². The number of nitrogens with zero attached hydrogens (tertiary/aromatic N) is 6. The molecule has 0 aliphatic carbocycles. The van der Waals surface area contributed by atoms with Crippen molar-refractivity contribution in [3.05, 3.63) is 85.5 Å². The van der Waals surface area contributed by atoms with Crippen LogP contribution in [0.15, 0.2) is 41.1 Å². The zero-order valence-corrected chi connectivity index (χ0v) is 18.8. The molecule has 3 heterocycles. The van der Waals surface area contributed by atoms with Gasteiger partial charge in [0.25, 0.3) is 5.91 Å². The molecule has 4 rings (SSSR count). The molecular formula is C21H20ClN7O4. The molecule has 4 aromatic rings. The Morgan fingerprint density at radius 3 is 2.58 bits per heavy atom. The summed E-state index contributed by atoms with van der Waals surface area (Å²) in [7, 11) is 0. The van der Waals surface area contributed by atoms with Gasteiger partial charge in [0.15, 0.2) is 11.5 Å². The highest BCUT2D eigenvalue weighted by Gasteiger charge is 2.25. The van der Waals surface area contributed by atoms with Crippen LogP contribution in [0.3, 0.4) is 0 Å². The molecule has 0 atom stereocenters. The van der Waals surface area contributed by atoms with E-state index >= 15 is 0 Å². The van der Waals surface area contributed by atoms with E-state index < -0.39 is 10.8 Å². The second-order valence-electron chi connectivity index (χ2n) is 7.59. The van der Waals surface area contributed by atoms with Gasteiger partial charge in [-0.2, -0.15) is 9.78 Å². The van der Waals surface area contributed by atoms with Crippen LogP contribution in [-0.2, 0) is 13.1 Å². The Morgan fingerprint density at radius 2 is 1.91 bits per heavy atom. The number of carbonyl (C=O) groups is 1. The number of aryl methyl sites for hydroxylation is 3. The van der Waals surface area contributed by atoms with E-state index in [0.717, 1.165) is 11.1 Å². The third kappa shape index (κ3) is 4.77. The summed E-state index contributed by atoms with van der Waals surface area (Å²) in [6, 6.07) is 9.36. The highest BCUT2D eigenvalue weighted by atomic mass is 35.5. The number of nitro groups is 1. The van der Waals surface area contributed by atoms with Gasteiger partial charge in [-0.05, 0) is 31.3 Å². The number of aromatic nitrogens is 5. The normalized spacial score (nSPS) is 11.0. The molecule has 0 spiro atoms. The number of halogens is 1. The average molecular weight is 470 g/mol. The Bertz CT molecular complexity index is 1340. The van der Waals surface area contributed by atoms with Gasteiger partial charge >= 0.3 is 5.82 Å². The number of amides is 1. The molecular weight excluding hydrogens is 450 g/mol. The van der Waals surface area contributed by atoms with Crippen molar-refractivity contribution >= 4 is 29.1 Å². The third-order valence-electron chi connectivity index (χ3n) is 5.08. The van der Waals surface area contributed by atoms with Gasteiger partial charge in [0, 0.05) is 6.20 Å². The van der Waals surface area contributed by atoms with E-state index in [-0.39, 0.29) is 28.9 Å². The molecule has 0 bridgehead atoms. The van der Waals surface area contributed by atoms with Crippen LogP contribution in [-0.4, -0.2) is 35.5 Å². The predicted octanol–water partition coefficient (Wildman–Crippen LogP) is 3.90. The molecule has 3 aromatic heterocycles. The Balaban J connectivity index is 1.52. The van der Waals surface area contributed by atoms with Crippen LogP contribution < -0.4 is 5.32 Å². The van der Waals surface area contributed by atoms with E-state index in [1.165, 1.54) is 10.7 Å². The monoisotopic (exact) mass is 469 g/mol. The quantitative estimate of drug-likeness (QED) is 0.320. The molecule has 0 radical (unpaired) electrons. The molecule has 1 amide bonds. The minimum atomic E-state index is -0.577. The zero-order chi connectivity index (χ0) is 23.7. The maximum absolute atomic E-state index is 12.9. The van der Waals surface area contributed by atoms with E-state index in [1.54, 1.807) is 24.7 Å². The van der Waals surface area contributed by atoms with Crippen LogP contribution in [0.4, 0.5) is 11.6 Å². The Kier molecular flexibility index (Phi) is 5.97. The highest BCUT2D eigenvalue weighted by Crippen LogP contribution is 2.23. The Hall–Kier alpha value is -3.99. The number of hydrogen-bond acceptors (Lipinski definition) is 7. The van der Waals surface area contributed by atoms with Crippen LogP contribution in [0.5, 0.6) is 0 Å². The van der Waals surface area contributed by atoms with Gasteiger partial charge in [-0.1, -0.05) is 46.6 Å². The van der Waals surface area contributed by atoms with Gasteiger partial charge in [-0.25, -0.2) is 0 Å². The zero-order valence-electron chi connectivity index (χ0n) is 18.1. The van der Waals surface area contributed by atoms with Crippen molar-refractivity contribution in [3.8, 4) is 0 Å². The van der Waals surface area contributed by atoms with Crippen LogP contribution in [0, 0.1) is 30.9 Å². The molecule has 1 aromatic carbocycles. The van der Waals surface area contributed by atoms with E-state index in [9.17, 15) is 14.9 Å². The fourth-order valence-electron chi connectivity index (χ4n) is 3.26. The third-order valence-corrected chi connectivity index (χ3v) is 5.35. The van der Waals surface area contributed by atoms with Crippen LogP contribution in [0.1, 0.15) is 38.6 Å². The molecule has 33 heavy (non-hydrogen) atoms. The lowest BCUT2D eigenvalue weighted by molar-refractivity contribution is -0.389. The number of anilines is 1. The summed E-state index contributed by atoms with van der Waals surface area (Å²) >= 11 is 6.28. The summed E-state index contributed by atoms with van der Waals surface area (Å²) < 4.78 is 8.24. The van der Waals surface area contributed by atoms with E-state index in [0.29, 0.717) is 23.6 Å². The second kappa shape index (κ2) is 8.87. The maximum atomic E-state index is 12.9. The first-order valence-corrected chi connectivity index (χ1v) is 10.3. The summed E-state index contributed by atoms with van der Waals surface area (Å²) in [4.78, 5) is 23.3. The fourth-order valence-corrected chi connectivity index (χ4v) is 3.46. The second-order valence-corrected chi connectivity index (χ2v) is 7.99. The van der Waals surface area contributed by atoms with Crippen molar-refractivity contribution in [2.75, 3.05) is 5.32 Å². The lowest BCUT2D eigenvalue weighted by atomic mass is 10.1. The number of nitrogens with one attached hydrogen (secondary N) is 1. The highest BCUT2D eigenvalue weighted by molar-refractivity contribution is 6.33. The number of hydrogen-bond donors (Lipinski definition) is 1. The van der Waals surface area contributed by atoms with E-state index in [4.69, 9.17) is 16.1 Å². The smallest absolute Gasteiger partial charge is 0.361 e. The molecule has 11 nitrogen and oxygen atoms in total. The summed E-state index contributed by atoms with van der Waals surface area (Å²) in [6.07, 6.45) is 1.62. The minimum absolute atomic E-state index is 0.0224. The lowest BCUT2D eigenvalue weighted by Gasteiger charge is -2.04. The van der Waals surface area contributed by atoms with Gasteiger partial charge in [0.2, 0.25) is 0 Å². The summed E-state index contributed by atoms with van der Waals surface area (Å²) in [5, 5.41) is 26.1. The van der Waals surface area contributed by atoms with Crippen LogP contribution >= 0.6 is 11.6 Å². The number of carbonyl (C=O) groups excluding carboxylic acids is 1. The molecule has 0 saturated heterocycles. The predicted molar refractivity (Wildman–Crippen MR) is 119 cm³/mol. The van der Waals surface area contributed by atoms with Crippen molar-refractivity contribution in [2.45, 2.75) is 33.9 Å². The Morgan fingerprint density at radius 1 is 1.18 bits per heavy atom. The maximum Gasteiger partial charge on any atom is 0.390 e. The van der Waals surface area contributed by atoms with Gasteiger partial charge in [-0.3, -0.25) is 9.48 Å². The molecule has 1 N–H and O–H groups in total. The largest absolute Gasteiger partial charge is 0.390 e. The molecule has 170 valence electrons. The fraction of sp³-hybridized carbons (Fsp3) is 0.238. The average Bonchev–Trinajstić information content (AvgIpc) is 3.42. The summed E-state index contributed by atoms with van der Waals surface area (Å²) in [5.74, 6) is -0.262. The van der Waals surface area contributed by atoms with Crippen molar-refractivity contribution in [3.63, 3.8) is 0 Å².